The third-order valence-electron chi connectivity index (χ3n) is 2.10. The molecule has 4 heteroatoms. The van der Waals surface area contributed by atoms with Crippen molar-refractivity contribution >= 4 is 0 Å². The number of benzene rings is 1. The maximum atomic E-state index is 5.40. The number of nitrogens with two attached hydrogens (primary N) is 1. The van der Waals surface area contributed by atoms with Gasteiger partial charge in [-0.05, 0) is 13.0 Å². The fourth-order valence-electron chi connectivity index (χ4n) is 1.38. The molecule has 0 saturated heterocycles. The molecular weight excluding hydrogens is 190 g/mol. The van der Waals surface area contributed by atoms with Crippen molar-refractivity contribution in [1.82, 2.24) is 10.1 Å². The van der Waals surface area contributed by atoms with Crippen molar-refractivity contribution in [2.75, 3.05) is 6.54 Å². The fourth-order valence-corrected chi connectivity index (χ4v) is 1.38. The smallest absolute Gasteiger partial charge is 0.228 e. The largest absolute Gasteiger partial charge is 0.339 e. The second-order valence-corrected chi connectivity index (χ2v) is 3.42. The van der Waals surface area contributed by atoms with Gasteiger partial charge >= 0.3 is 0 Å². The van der Waals surface area contributed by atoms with E-state index in [-0.39, 0.29) is 0 Å². The van der Waals surface area contributed by atoms with Crippen molar-refractivity contribution in [3.63, 3.8) is 0 Å². The van der Waals surface area contributed by atoms with Crippen LogP contribution in [-0.2, 0) is 6.42 Å². The van der Waals surface area contributed by atoms with Crippen LogP contribution in [0, 0.1) is 6.92 Å². The summed E-state index contributed by atoms with van der Waals surface area (Å²) in [6, 6.07) is 8.00. The molecule has 1 aromatic carbocycles. The van der Waals surface area contributed by atoms with Crippen LogP contribution in [0.25, 0.3) is 11.4 Å². The first-order chi connectivity index (χ1) is 7.29. The van der Waals surface area contributed by atoms with Crippen LogP contribution < -0.4 is 5.73 Å². The van der Waals surface area contributed by atoms with Crippen LogP contribution in [0.1, 0.15) is 11.5 Å². The molecule has 0 aliphatic heterocycles. The predicted octanol–water partition coefficient (Wildman–Crippen LogP) is 1.55. The summed E-state index contributed by atoms with van der Waals surface area (Å²) < 4.78 is 5.06. The average Bonchev–Trinajstić information content (AvgIpc) is 2.67. The van der Waals surface area contributed by atoms with Gasteiger partial charge in [0.1, 0.15) is 0 Å². The lowest BCUT2D eigenvalue weighted by molar-refractivity contribution is 0.380. The summed E-state index contributed by atoms with van der Waals surface area (Å²) in [6.45, 7) is 2.56. The van der Waals surface area contributed by atoms with Crippen molar-refractivity contribution in [1.29, 1.82) is 0 Å². The van der Waals surface area contributed by atoms with Crippen LogP contribution in [0.3, 0.4) is 0 Å². The van der Waals surface area contributed by atoms with Crippen LogP contribution >= 0.6 is 0 Å². The summed E-state index contributed by atoms with van der Waals surface area (Å²) in [5.41, 5.74) is 7.56. The Bertz CT molecular complexity index is 451. The maximum Gasteiger partial charge on any atom is 0.228 e. The molecule has 0 spiro atoms. The minimum atomic E-state index is 0.523. The lowest BCUT2D eigenvalue weighted by Gasteiger charge is -1.94. The first kappa shape index (κ1) is 9.86. The van der Waals surface area contributed by atoms with Crippen LogP contribution in [-0.4, -0.2) is 16.7 Å². The Morgan fingerprint density at radius 3 is 3.00 bits per heavy atom. The van der Waals surface area contributed by atoms with Gasteiger partial charge in [-0.3, -0.25) is 0 Å². The third-order valence-corrected chi connectivity index (χ3v) is 2.10. The Kier molecular flexibility index (Phi) is 2.78. The van der Waals surface area contributed by atoms with Crippen LogP contribution in [0.15, 0.2) is 28.8 Å². The van der Waals surface area contributed by atoms with Gasteiger partial charge in [0.25, 0.3) is 0 Å². The van der Waals surface area contributed by atoms with Crippen molar-refractivity contribution < 1.29 is 4.52 Å². The molecule has 0 aliphatic carbocycles. The summed E-state index contributed by atoms with van der Waals surface area (Å²) in [5, 5.41) is 3.90. The van der Waals surface area contributed by atoms with Gasteiger partial charge in [0.15, 0.2) is 0 Å². The Balaban J connectivity index is 2.29. The molecular formula is C11H13N3O. The van der Waals surface area contributed by atoms with Gasteiger partial charge in [-0.15, -0.1) is 0 Å². The first-order valence-corrected chi connectivity index (χ1v) is 4.89. The highest BCUT2D eigenvalue weighted by Gasteiger charge is 2.07. The van der Waals surface area contributed by atoms with Gasteiger partial charge < -0.3 is 10.3 Å². The molecule has 78 valence electrons. The van der Waals surface area contributed by atoms with E-state index in [1.807, 2.05) is 31.2 Å². The monoisotopic (exact) mass is 203 g/mol. The second kappa shape index (κ2) is 4.23. The molecule has 4 nitrogen and oxygen atoms in total. The van der Waals surface area contributed by atoms with Crippen molar-refractivity contribution in [2.24, 2.45) is 5.73 Å². The Morgan fingerprint density at radius 1 is 1.40 bits per heavy atom. The van der Waals surface area contributed by atoms with Gasteiger partial charge in [-0.25, -0.2) is 0 Å². The third kappa shape index (κ3) is 2.22. The SMILES string of the molecule is Cc1cccc(-c2noc(CCN)n2)c1. The molecule has 0 saturated carbocycles. The Hall–Kier alpha value is -1.68. The molecule has 0 radical (unpaired) electrons. The fraction of sp³-hybridized carbons (Fsp3) is 0.273. The van der Waals surface area contributed by atoms with E-state index in [0.29, 0.717) is 24.7 Å². The predicted molar refractivity (Wildman–Crippen MR) is 57.2 cm³/mol. The van der Waals surface area contributed by atoms with Crippen LogP contribution in [0.5, 0.6) is 0 Å². The first-order valence-electron chi connectivity index (χ1n) is 4.89. The van der Waals surface area contributed by atoms with E-state index in [9.17, 15) is 0 Å². The summed E-state index contributed by atoms with van der Waals surface area (Å²) in [7, 11) is 0. The lowest BCUT2D eigenvalue weighted by Crippen LogP contribution is -2.02. The molecule has 2 aromatic rings. The molecule has 0 bridgehead atoms. The molecule has 1 heterocycles. The maximum absolute atomic E-state index is 5.40. The summed E-state index contributed by atoms with van der Waals surface area (Å²) >= 11 is 0. The molecule has 2 rings (SSSR count). The van der Waals surface area contributed by atoms with Crippen molar-refractivity contribution in [3.8, 4) is 11.4 Å². The molecule has 0 atom stereocenters. The number of aromatic nitrogens is 2. The minimum absolute atomic E-state index is 0.523. The molecule has 1 aromatic heterocycles. The number of aryl methyl sites for hydroxylation is 1. The summed E-state index contributed by atoms with van der Waals surface area (Å²) in [5.74, 6) is 1.22. The van der Waals surface area contributed by atoms with E-state index in [0.717, 1.165) is 5.56 Å². The zero-order valence-corrected chi connectivity index (χ0v) is 8.60. The van der Waals surface area contributed by atoms with E-state index in [2.05, 4.69) is 10.1 Å². The second-order valence-electron chi connectivity index (χ2n) is 3.42. The molecule has 0 aliphatic rings. The number of rotatable bonds is 3. The molecule has 2 N–H and O–H groups in total. The number of hydrogen-bond donors (Lipinski definition) is 1. The average molecular weight is 203 g/mol. The quantitative estimate of drug-likeness (QED) is 0.821. The van der Waals surface area contributed by atoms with Gasteiger partial charge in [-0.2, -0.15) is 4.98 Å². The highest BCUT2D eigenvalue weighted by Crippen LogP contribution is 2.16. The van der Waals surface area contributed by atoms with Crippen molar-refractivity contribution in [3.05, 3.63) is 35.7 Å². The van der Waals surface area contributed by atoms with Crippen molar-refractivity contribution in [2.45, 2.75) is 13.3 Å². The highest BCUT2D eigenvalue weighted by atomic mass is 16.5. The molecule has 0 fully saturated rings. The number of hydrogen-bond acceptors (Lipinski definition) is 4. The standard InChI is InChI=1S/C11H13N3O/c1-8-3-2-4-9(7-8)11-13-10(5-6-12)15-14-11/h2-4,7H,5-6,12H2,1H3. The molecule has 15 heavy (non-hydrogen) atoms. The van der Waals surface area contributed by atoms with E-state index in [1.165, 1.54) is 5.56 Å². The normalized spacial score (nSPS) is 10.5. The molecule has 0 amide bonds. The zero-order valence-electron chi connectivity index (χ0n) is 8.60. The number of nitrogens with zero attached hydrogens (tertiary/aromatic N) is 2. The van der Waals surface area contributed by atoms with Crippen LogP contribution in [0.2, 0.25) is 0 Å². The highest BCUT2D eigenvalue weighted by molar-refractivity contribution is 5.55. The zero-order chi connectivity index (χ0) is 10.7. The summed E-state index contributed by atoms with van der Waals surface area (Å²) in [6.07, 6.45) is 0.624. The van der Waals surface area contributed by atoms with Gasteiger partial charge in [0.2, 0.25) is 11.7 Å². The topological polar surface area (TPSA) is 64.9 Å². The Labute approximate surface area is 88.1 Å². The van der Waals surface area contributed by atoms with E-state index >= 15 is 0 Å². The van der Waals surface area contributed by atoms with Gasteiger partial charge in [0, 0.05) is 18.5 Å². The molecule has 0 unspecified atom stereocenters. The van der Waals surface area contributed by atoms with Gasteiger partial charge in [-0.1, -0.05) is 28.9 Å². The van der Waals surface area contributed by atoms with E-state index in [4.69, 9.17) is 10.3 Å². The lowest BCUT2D eigenvalue weighted by atomic mass is 10.1. The minimum Gasteiger partial charge on any atom is -0.339 e. The summed E-state index contributed by atoms with van der Waals surface area (Å²) in [4.78, 5) is 4.25. The Morgan fingerprint density at radius 2 is 2.27 bits per heavy atom. The van der Waals surface area contributed by atoms with Gasteiger partial charge in [0.05, 0.1) is 0 Å². The van der Waals surface area contributed by atoms with E-state index < -0.39 is 0 Å². The van der Waals surface area contributed by atoms with E-state index in [1.54, 1.807) is 0 Å². The van der Waals surface area contributed by atoms with Crippen LogP contribution in [0.4, 0.5) is 0 Å².